The van der Waals surface area contributed by atoms with E-state index in [1.807, 2.05) is 68.4 Å². The zero-order valence-corrected chi connectivity index (χ0v) is 15.2. The first-order chi connectivity index (χ1) is 13.0. The normalized spacial score (nSPS) is 21.9. The molecule has 0 saturated carbocycles. The van der Waals surface area contributed by atoms with Gasteiger partial charge in [-0.15, -0.1) is 0 Å². The lowest BCUT2D eigenvalue weighted by molar-refractivity contribution is 0.125. The molecular weight excluding hydrogens is 340 g/mol. The zero-order valence-electron chi connectivity index (χ0n) is 15.2. The number of hydrogen-bond donors (Lipinski definition) is 1. The summed E-state index contributed by atoms with van der Waals surface area (Å²) in [6, 6.07) is 17.6. The molecule has 2 aromatic carbocycles. The third kappa shape index (κ3) is 2.79. The van der Waals surface area contributed by atoms with Gasteiger partial charge in [0.2, 0.25) is 5.95 Å². The molecule has 1 aromatic heterocycles. The number of amides is 1. The van der Waals surface area contributed by atoms with E-state index in [4.69, 9.17) is 10.5 Å². The summed E-state index contributed by atoms with van der Waals surface area (Å²) >= 11 is 0. The Morgan fingerprint density at radius 1 is 1.00 bits per heavy atom. The maximum absolute atomic E-state index is 12.6. The van der Waals surface area contributed by atoms with Crippen LogP contribution in [-0.4, -0.2) is 22.2 Å². The Morgan fingerprint density at radius 2 is 1.63 bits per heavy atom. The van der Waals surface area contributed by atoms with Crippen LogP contribution < -0.4 is 10.6 Å². The number of ether oxygens (including phenoxy) is 1. The lowest BCUT2D eigenvalue weighted by Gasteiger charge is -2.35. The highest BCUT2D eigenvalue weighted by molar-refractivity contribution is 5.92. The molecule has 1 aliphatic rings. The minimum absolute atomic E-state index is 0.239. The van der Waals surface area contributed by atoms with Crippen molar-refractivity contribution in [2.24, 2.45) is 0 Å². The molecule has 1 saturated heterocycles. The monoisotopic (exact) mass is 360 g/mol. The van der Waals surface area contributed by atoms with Crippen LogP contribution in [0.25, 0.3) is 11.1 Å². The van der Waals surface area contributed by atoms with E-state index in [1.54, 1.807) is 17.3 Å². The summed E-state index contributed by atoms with van der Waals surface area (Å²) in [5.41, 5.74) is 8.56. The molecule has 1 unspecified atom stereocenters. The SMILES string of the molecule is C[C@@H]1OC(=O)N(c2ccc(-c3cnc(N)nc3)cc2)C1(C)c1ccccc1. The van der Waals surface area contributed by atoms with Crippen molar-refractivity contribution in [2.75, 3.05) is 10.6 Å². The summed E-state index contributed by atoms with van der Waals surface area (Å²) in [6.07, 6.45) is 2.73. The average molecular weight is 360 g/mol. The van der Waals surface area contributed by atoms with Crippen molar-refractivity contribution in [3.8, 4) is 11.1 Å². The van der Waals surface area contributed by atoms with Gasteiger partial charge < -0.3 is 10.5 Å². The first-order valence-electron chi connectivity index (χ1n) is 8.74. The molecule has 1 fully saturated rings. The summed E-state index contributed by atoms with van der Waals surface area (Å²) in [4.78, 5) is 22.4. The second-order valence-corrected chi connectivity index (χ2v) is 6.75. The number of rotatable bonds is 3. The van der Waals surface area contributed by atoms with E-state index in [0.29, 0.717) is 0 Å². The predicted molar refractivity (Wildman–Crippen MR) is 104 cm³/mol. The highest BCUT2D eigenvalue weighted by atomic mass is 16.6. The van der Waals surface area contributed by atoms with Gasteiger partial charge in [-0.2, -0.15) is 0 Å². The summed E-state index contributed by atoms with van der Waals surface area (Å²) in [7, 11) is 0. The molecule has 0 radical (unpaired) electrons. The number of anilines is 2. The van der Waals surface area contributed by atoms with E-state index in [-0.39, 0.29) is 18.1 Å². The molecule has 6 heteroatoms. The van der Waals surface area contributed by atoms with Gasteiger partial charge >= 0.3 is 6.09 Å². The van der Waals surface area contributed by atoms with Crippen LogP contribution in [0.3, 0.4) is 0 Å². The molecule has 27 heavy (non-hydrogen) atoms. The number of nitrogen functional groups attached to an aromatic ring is 1. The molecule has 1 aliphatic heterocycles. The number of hydrogen-bond acceptors (Lipinski definition) is 5. The summed E-state index contributed by atoms with van der Waals surface area (Å²) in [6.45, 7) is 3.95. The summed E-state index contributed by atoms with van der Waals surface area (Å²) in [5, 5.41) is 0. The Morgan fingerprint density at radius 3 is 2.26 bits per heavy atom. The molecule has 2 N–H and O–H groups in total. The molecule has 4 rings (SSSR count). The van der Waals surface area contributed by atoms with Crippen molar-refractivity contribution in [3.05, 3.63) is 72.6 Å². The quantitative estimate of drug-likeness (QED) is 0.764. The molecule has 0 spiro atoms. The second-order valence-electron chi connectivity index (χ2n) is 6.75. The fourth-order valence-corrected chi connectivity index (χ4v) is 3.49. The van der Waals surface area contributed by atoms with Crippen LogP contribution in [0.4, 0.5) is 16.4 Å². The molecule has 0 aliphatic carbocycles. The number of nitrogens with two attached hydrogens (primary N) is 1. The third-order valence-electron chi connectivity index (χ3n) is 5.21. The van der Waals surface area contributed by atoms with Crippen molar-refractivity contribution in [1.29, 1.82) is 0 Å². The van der Waals surface area contributed by atoms with E-state index in [0.717, 1.165) is 22.4 Å². The first kappa shape index (κ1) is 17.0. The van der Waals surface area contributed by atoms with Crippen LogP contribution in [0.2, 0.25) is 0 Å². The Kier molecular flexibility index (Phi) is 4.03. The Balaban J connectivity index is 1.72. The van der Waals surface area contributed by atoms with Crippen LogP contribution in [0.15, 0.2) is 67.0 Å². The maximum Gasteiger partial charge on any atom is 0.415 e. The minimum atomic E-state index is -0.593. The predicted octanol–water partition coefficient (Wildman–Crippen LogP) is 3.99. The van der Waals surface area contributed by atoms with Crippen molar-refractivity contribution in [3.63, 3.8) is 0 Å². The fraction of sp³-hybridized carbons (Fsp3) is 0.190. The van der Waals surface area contributed by atoms with Crippen LogP contribution in [0, 0.1) is 0 Å². The Labute approximate surface area is 157 Å². The molecule has 3 aromatic rings. The highest BCUT2D eigenvalue weighted by Crippen LogP contribution is 2.42. The van der Waals surface area contributed by atoms with Gasteiger partial charge in [0.15, 0.2) is 0 Å². The van der Waals surface area contributed by atoms with E-state index in [9.17, 15) is 4.79 Å². The van der Waals surface area contributed by atoms with E-state index < -0.39 is 5.54 Å². The van der Waals surface area contributed by atoms with E-state index in [2.05, 4.69) is 9.97 Å². The Bertz CT molecular complexity index is 958. The van der Waals surface area contributed by atoms with Gasteiger partial charge in [-0.3, -0.25) is 4.90 Å². The molecular formula is C21H20N4O2. The first-order valence-corrected chi connectivity index (χ1v) is 8.74. The summed E-state index contributed by atoms with van der Waals surface area (Å²) < 4.78 is 5.58. The van der Waals surface area contributed by atoms with Gasteiger partial charge in [-0.25, -0.2) is 14.8 Å². The van der Waals surface area contributed by atoms with Gasteiger partial charge in [0.05, 0.1) is 0 Å². The Hall–Kier alpha value is -3.41. The third-order valence-corrected chi connectivity index (χ3v) is 5.21. The molecule has 2 heterocycles. The van der Waals surface area contributed by atoms with Gasteiger partial charge in [-0.05, 0) is 37.1 Å². The number of carbonyl (C=O) groups excluding carboxylic acids is 1. The highest BCUT2D eigenvalue weighted by Gasteiger charge is 2.51. The van der Waals surface area contributed by atoms with Crippen LogP contribution in [-0.2, 0) is 10.3 Å². The van der Waals surface area contributed by atoms with E-state index >= 15 is 0 Å². The van der Waals surface area contributed by atoms with Gasteiger partial charge in [0, 0.05) is 23.6 Å². The number of benzene rings is 2. The lowest BCUT2D eigenvalue weighted by atomic mass is 9.86. The van der Waals surface area contributed by atoms with Gasteiger partial charge in [-0.1, -0.05) is 42.5 Å². The lowest BCUT2D eigenvalue weighted by Crippen LogP contribution is -2.45. The number of carbonyl (C=O) groups is 1. The van der Waals surface area contributed by atoms with Crippen LogP contribution >= 0.6 is 0 Å². The van der Waals surface area contributed by atoms with E-state index in [1.165, 1.54) is 0 Å². The van der Waals surface area contributed by atoms with Crippen LogP contribution in [0.1, 0.15) is 19.4 Å². The smallest absolute Gasteiger partial charge is 0.415 e. The van der Waals surface area contributed by atoms with Crippen molar-refractivity contribution < 1.29 is 9.53 Å². The minimum Gasteiger partial charge on any atom is -0.443 e. The topological polar surface area (TPSA) is 81.3 Å². The largest absolute Gasteiger partial charge is 0.443 e. The number of nitrogens with zero attached hydrogens (tertiary/aromatic N) is 3. The van der Waals surface area contributed by atoms with Crippen LogP contribution in [0.5, 0.6) is 0 Å². The molecule has 0 bridgehead atoms. The number of aromatic nitrogens is 2. The standard InChI is InChI=1S/C21H20N4O2/c1-14-21(2,17-6-4-3-5-7-17)25(20(26)27-14)18-10-8-15(9-11-18)16-12-23-19(22)24-13-16/h3-14H,1-2H3,(H2,22,23,24)/t14-,21?/m0/s1. The molecule has 2 atom stereocenters. The van der Waals surface area contributed by atoms with Gasteiger partial charge in [0.25, 0.3) is 0 Å². The summed E-state index contributed by atoms with van der Waals surface area (Å²) in [5.74, 6) is 0.239. The van der Waals surface area contributed by atoms with Gasteiger partial charge in [0.1, 0.15) is 11.6 Å². The second kappa shape index (κ2) is 6.39. The average Bonchev–Trinajstić information content (AvgIpc) is 2.93. The fourth-order valence-electron chi connectivity index (χ4n) is 3.49. The van der Waals surface area contributed by atoms with Crippen molar-refractivity contribution >= 4 is 17.7 Å². The van der Waals surface area contributed by atoms with Crippen molar-refractivity contribution in [2.45, 2.75) is 25.5 Å². The molecule has 136 valence electrons. The molecule has 6 nitrogen and oxygen atoms in total. The number of cyclic esters (lactones) is 1. The van der Waals surface area contributed by atoms with Crippen molar-refractivity contribution in [1.82, 2.24) is 9.97 Å². The zero-order chi connectivity index (χ0) is 19.0. The maximum atomic E-state index is 12.6. The molecule has 1 amide bonds.